The largest absolute Gasteiger partial charge is 0.243 e. The predicted octanol–water partition coefficient (Wildman–Crippen LogP) is 4.43. The zero-order chi connectivity index (χ0) is 10.1. The normalized spacial score (nSPS) is 15.2. The van der Waals surface area contributed by atoms with Gasteiger partial charge in [-0.2, -0.15) is 0 Å². The zero-order valence-electron chi connectivity index (χ0n) is 9.02. The molecule has 0 rings (SSSR count). The Bertz CT molecular complexity index is 166. The number of unbranched alkanes of at least 4 members (excludes halogenated alkanes) is 2. The molecule has 0 fully saturated rings. The van der Waals surface area contributed by atoms with E-state index in [1.54, 1.807) is 6.92 Å². The van der Waals surface area contributed by atoms with Crippen molar-refractivity contribution in [3.05, 3.63) is 23.8 Å². The number of hydrogen-bond donors (Lipinski definition) is 0. The maximum atomic E-state index is 13.0. The van der Waals surface area contributed by atoms with Crippen molar-refractivity contribution in [1.82, 2.24) is 0 Å². The standard InChI is InChI=1S/C12H21F/c1-4-6-8-10-12(11(3)13)9-7-5-2/h5,7,9,11H,4,6,8,10H2,1-3H3. The summed E-state index contributed by atoms with van der Waals surface area (Å²) in [5.41, 5.74) is 0.923. The molecule has 76 valence electrons. The number of rotatable bonds is 6. The minimum atomic E-state index is -0.798. The number of allylic oxidation sites excluding steroid dienone is 4. The summed E-state index contributed by atoms with van der Waals surface area (Å²) in [6.45, 7) is 5.72. The molecule has 0 aliphatic heterocycles. The van der Waals surface area contributed by atoms with E-state index in [-0.39, 0.29) is 0 Å². The molecule has 0 bridgehead atoms. The number of hydrogen-bond acceptors (Lipinski definition) is 0. The van der Waals surface area contributed by atoms with Gasteiger partial charge in [0.05, 0.1) is 0 Å². The topological polar surface area (TPSA) is 0 Å². The average Bonchev–Trinajstić information content (AvgIpc) is 2.10. The van der Waals surface area contributed by atoms with E-state index < -0.39 is 6.17 Å². The first-order valence-electron chi connectivity index (χ1n) is 5.18. The van der Waals surface area contributed by atoms with Crippen LogP contribution in [-0.2, 0) is 0 Å². The molecule has 0 aliphatic rings. The first-order valence-corrected chi connectivity index (χ1v) is 5.18. The van der Waals surface area contributed by atoms with E-state index in [9.17, 15) is 4.39 Å². The fourth-order valence-corrected chi connectivity index (χ4v) is 1.21. The van der Waals surface area contributed by atoms with Crippen LogP contribution in [0.25, 0.3) is 0 Å². The molecular formula is C12H21F. The zero-order valence-corrected chi connectivity index (χ0v) is 9.02. The lowest BCUT2D eigenvalue weighted by Crippen LogP contribution is -1.98. The van der Waals surface area contributed by atoms with Crippen LogP contribution in [0.15, 0.2) is 23.8 Å². The Hall–Kier alpha value is -0.590. The van der Waals surface area contributed by atoms with Gasteiger partial charge in [0.1, 0.15) is 6.17 Å². The first-order chi connectivity index (χ1) is 6.22. The van der Waals surface area contributed by atoms with Gasteiger partial charge in [0.2, 0.25) is 0 Å². The van der Waals surface area contributed by atoms with Gasteiger partial charge >= 0.3 is 0 Å². The van der Waals surface area contributed by atoms with Crippen molar-refractivity contribution in [2.75, 3.05) is 0 Å². The number of alkyl halides is 1. The third kappa shape index (κ3) is 6.56. The highest BCUT2D eigenvalue weighted by Crippen LogP contribution is 2.15. The molecule has 0 aliphatic carbocycles. The van der Waals surface area contributed by atoms with Crippen LogP contribution in [0.4, 0.5) is 4.39 Å². The molecule has 0 heterocycles. The summed E-state index contributed by atoms with van der Waals surface area (Å²) in [4.78, 5) is 0. The van der Waals surface area contributed by atoms with Crippen LogP contribution >= 0.6 is 0 Å². The van der Waals surface area contributed by atoms with Gasteiger partial charge in [0.25, 0.3) is 0 Å². The lowest BCUT2D eigenvalue weighted by atomic mass is 10.0. The summed E-state index contributed by atoms with van der Waals surface area (Å²) in [5.74, 6) is 0. The van der Waals surface area contributed by atoms with Gasteiger partial charge in [0, 0.05) is 0 Å². The fourth-order valence-electron chi connectivity index (χ4n) is 1.21. The SMILES string of the molecule is CC=CC=C(CCCCC)C(C)F. The van der Waals surface area contributed by atoms with Crippen molar-refractivity contribution in [1.29, 1.82) is 0 Å². The Labute approximate surface area is 81.5 Å². The van der Waals surface area contributed by atoms with E-state index in [0.29, 0.717) is 0 Å². The maximum Gasteiger partial charge on any atom is 0.119 e. The van der Waals surface area contributed by atoms with Crippen LogP contribution in [-0.4, -0.2) is 6.17 Å². The van der Waals surface area contributed by atoms with Crippen molar-refractivity contribution in [3.8, 4) is 0 Å². The molecule has 0 saturated heterocycles. The second kappa shape index (κ2) is 8.03. The monoisotopic (exact) mass is 184 g/mol. The quantitative estimate of drug-likeness (QED) is 0.423. The molecule has 0 amide bonds. The van der Waals surface area contributed by atoms with Gasteiger partial charge < -0.3 is 0 Å². The molecule has 1 atom stereocenters. The molecule has 0 aromatic carbocycles. The minimum absolute atomic E-state index is 0.798. The van der Waals surface area contributed by atoms with E-state index in [2.05, 4.69) is 6.92 Å². The molecule has 0 spiro atoms. The summed E-state index contributed by atoms with van der Waals surface area (Å²) in [6, 6.07) is 0. The molecule has 1 unspecified atom stereocenters. The second-order valence-corrected chi connectivity index (χ2v) is 3.34. The van der Waals surface area contributed by atoms with E-state index in [1.807, 2.05) is 25.2 Å². The Morgan fingerprint density at radius 1 is 1.38 bits per heavy atom. The highest BCUT2D eigenvalue weighted by molar-refractivity contribution is 5.15. The van der Waals surface area contributed by atoms with Gasteiger partial charge in [-0.15, -0.1) is 0 Å². The van der Waals surface area contributed by atoms with E-state index in [4.69, 9.17) is 0 Å². The van der Waals surface area contributed by atoms with Crippen LogP contribution < -0.4 is 0 Å². The smallest absolute Gasteiger partial charge is 0.119 e. The van der Waals surface area contributed by atoms with Gasteiger partial charge in [-0.25, -0.2) is 4.39 Å². The maximum absolute atomic E-state index is 13.0. The summed E-state index contributed by atoms with van der Waals surface area (Å²) < 4.78 is 13.0. The Morgan fingerprint density at radius 3 is 2.54 bits per heavy atom. The van der Waals surface area contributed by atoms with Crippen molar-refractivity contribution >= 4 is 0 Å². The van der Waals surface area contributed by atoms with E-state index in [0.717, 1.165) is 18.4 Å². The summed E-state index contributed by atoms with van der Waals surface area (Å²) in [5, 5.41) is 0. The summed E-state index contributed by atoms with van der Waals surface area (Å²) in [7, 11) is 0. The van der Waals surface area contributed by atoms with Crippen molar-refractivity contribution < 1.29 is 4.39 Å². The fraction of sp³-hybridized carbons (Fsp3) is 0.667. The van der Waals surface area contributed by atoms with Gasteiger partial charge in [-0.3, -0.25) is 0 Å². The van der Waals surface area contributed by atoms with Gasteiger partial charge in [-0.1, -0.05) is 38.0 Å². The van der Waals surface area contributed by atoms with Crippen LogP contribution in [0.2, 0.25) is 0 Å². The molecule has 13 heavy (non-hydrogen) atoms. The number of halogens is 1. The molecule has 1 heteroatoms. The van der Waals surface area contributed by atoms with Crippen molar-refractivity contribution in [2.24, 2.45) is 0 Å². The van der Waals surface area contributed by atoms with Gasteiger partial charge in [0.15, 0.2) is 0 Å². The highest BCUT2D eigenvalue weighted by atomic mass is 19.1. The predicted molar refractivity (Wildman–Crippen MR) is 57.6 cm³/mol. The highest BCUT2D eigenvalue weighted by Gasteiger charge is 2.04. The third-order valence-corrected chi connectivity index (χ3v) is 2.08. The summed E-state index contributed by atoms with van der Waals surface area (Å²) in [6.07, 6.45) is 9.34. The molecular weight excluding hydrogens is 163 g/mol. The Morgan fingerprint density at radius 2 is 2.08 bits per heavy atom. The van der Waals surface area contributed by atoms with E-state index in [1.165, 1.54) is 12.8 Å². The van der Waals surface area contributed by atoms with Gasteiger partial charge in [-0.05, 0) is 32.3 Å². The second-order valence-electron chi connectivity index (χ2n) is 3.34. The summed E-state index contributed by atoms with van der Waals surface area (Å²) >= 11 is 0. The molecule has 0 aromatic rings. The molecule has 0 nitrogen and oxygen atoms in total. The van der Waals surface area contributed by atoms with Crippen LogP contribution in [0.5, 0.6) is 0 Å². The lowest BCUT2D eigenvalue weighted by Gasteiger charge is -2.06. The molecule has 0 aromatic heterocycles. The van der Waals surface area contributed by atoms with Crippen LogP contribution in [0, 0.1) is 0 Å². The third-order valence-electron chi connectivity index (χ3n) is 2.08. The van der Waals surface area contributed by atoms with Crippen molar-refractivity contribution in [3.63, 3.8) is 0 Å². The van der Waals surface area contributed by atoms with Crippen LogP contribution in [0.1, 0.15) is 46.5 Å². The lowest BCUT2D eigenvalue weighted by molar-refractivity contribution is 0.399. The van der Waals surface area contributed by atoms with Crippen molar-refractivity contribution in [2.45, 2.75) is 52.6 Å². The Kier molecular flexibility index (Phi) is 7.66. The first kappa shape index (κ1) is 12.4. The molecule has 0 radical (unpaired) electrons. The molecule has 0 saturated carbocycles. The Balaban J connectivity index is 3.95. The average molecular weight is 184 g/mol. The van der Waals surface area contributed by atoms with E-state index >= 15 is 0 Å². The molecule has 0 N–H and O–H groups in total. The van der Waals surface area contributed by atoms with Crippen LogP contribution in [0.3, 0.4) is 0 Å². The minimum Gasteiger partial charge on any atom is -0.243 e.